The highest BCUT2D eigenvalue weighted by Gasteiger charge is 2.44. The maximum atomic E-state index is 14.0. The Morgan fingerprint density at radius 3 is 2.26 bits per heavy atom. The SMILES string of the molecule is CN(C(=O)Oc1c(N2CCN(CCOC3CCC3)C2=O)cc(C(F)(F)F)cc1C(F)(F)F)c1ccc(F)cc1. The number of carbonyl (C=O) groups is 2. The van der Waals surface area contributed by atoms with Crippen molar-refractivity contribution in [2.45, 2.75) is 37.7 Å². The lowest BCUT2D eigenvalue weighted by Crippen LogP contribution is -2.36. The highest BCUT2D eigenvalue weighted by molar-refractivity contribution is 5.97. The molecule has 1 aliphatic carbocycles. The summed E-state index contributed by atoms with van der Waals surface area (Å²) in [5.74, 6) is -1.89. The van der Waals surface area contributed by atoms with Crippen LogP contribution in [0.3, 0.4) is 0 Å². The fraction of sp³-hybridized carbons (Fsp3) is 0.440. The average molecular weight is 563 g/mol. The molecular formula is C25H24F7N3O4. The first-order chi connectivity index (χ1) is 18.3. The van der Waals surface area contributed by atoms with Gasteiger partial charge in [0.05, 0.1) is 24.0 Å². The summed E-state index contributed by atoms with van der Waals surface area (Å²) in [4.78, 5) is 28.6. The van der Waals surface area contributed by atoms with Gasteiger partial charge in [0, 0.05) is 32.4 Å². The van der Waals surface area contributed by atoms with Crippen molar-refractivity contribution < 1.29 is 49.8 Å². The summed E-state index contributed by atoms with van der Waals surface area (Å²) in [7, 11) is 1.12. The van der Waals surface area contributed by atoms with Gasteiger partial charge in [-0.1, -0.05) is 0 Å². The van der Waals surface area contributed by atoms with Crippen molar-refractivity contribution in [3.63, 3.8) is 0 Å². The zero-order valence-electron chi connectivity index (χ0n) is 20.6. The van der Waals surface area contributed by atoms with E-state index in [-0.39, 0.29) is 44.1 Å². The van der Waals surface area contributed by atoms with Crippen molar-refractivity contribution in [1.29, 1.82) is 0 Å². The molecule has 2 fully saturated rings. The Kier molecular flexibility index (Phi) is 7.96. The second-order valence-electron chi connectivity index (χ2n) is 9.12. The molecule has 1 saturated carbocycles. The third-order valence-electron chi connectivity index (χ3n) is 6.53. The van der Waals surface area contributed by atoms with Crippen molar-refractivity contribution in [2.24, 2.45) is 0 Å². The molecule has 1 saturated heterocycles. The largest absolute Gasteiger partial charge is 0.420 e. The molecule has 0 aromatic heterocycles. The van der Waals surface area contributed by atoms with Gasteiger partial charge >= 0.3 is 24.5 Å². The molecule has 2 aliphatic rings. The first-order valence-corrected chi connectivity index (χ1v) is 12.0. The summed E-state index contributed by atoms with van der Waals surface area (Å²) >= 11 is 0. The second-order valence-corrected chi connectivity index (χ2v) is 9.12. The van der Waals surface area contributed by atoms with E-state index >= 15 is 0 Å². The van der Waals surface area contributed by atoms with Crippen molar-refractivity contribution in [3.8, 4) is 5.75 Å². The summed E-state index contributed by atoms with van der Waals surface area (Å²) in [5, 5.41) is 0. The standard InChI is InChI=1S/C25H24F7N3O4/c1-33(17-7-5-16(26)6-8-17)23(37)39-21-19(25(30,31)32)13-15(24(27,28)29)14-20(21)35-10-9-34(22(35)36)11-12-38-18-3-2-4-18/h5-8,13-14,18H,2-4,9-12H2,1H3. The van der Waals surface area contributed by atoms with Crippen LogP contribution in [0.1, 0.15) is 30.4 Å². The van der Waals surface area contributed by atoms with E-state index < -0.39 is 52.9 Å². The van der Waals surface area contributed by atoms with Crippen molar-refractivity contribution >= 4 is 23.5 Å². The zero-order chi connectivity index (χ0) is 28.5. The summed E-state index contributed by atoms with van der Waals surface area (Å²) < 4.78 is 107. The molecule has 212 valence electrons. The van der Waals surface area contributed by atoms with E-state index in [0.29, 0.717) is 11.0 Å². The minimum Gasteiger partial charge on any atom is -0.407 e. The highest BCUT2D eigenvalue weighted by atomic mass is 19.4. The molecule has 39 heavy (non-hydrogen) atoms. The molecule has 1 aliphatic heterocycles. The average Bonchev–Trinajstić information content (AvgIpc) is 3.19. The van der Waals surface area contributed by atoms with Gasteiger partial charge in [-0.05, 0) is 55.7 Å². The Morgan fingerprint density at radius 2 is 1.69 bits per heavy atom. The Balaban J connectivity index is 1.68. The van der Waals surface area contributed by atoms with E-state index in [9.17, 15) is 40.3 Å². The molecule has 14 heteroatoms. The smallest absolute Gasteiger partial charge is 0.407 e. The monoisotopic (exact) mass is 563 g/mol. The number of ether oxygens (including phenoxy) is 2. The van der Waals surface area contributed by atoms with Crippen LogP contribution in [0.4, 0.5) is 51.7 Å². The lowest BCUT2D eigenvalue weighted by Gasteiger charge is -2.27. The Labute approximate surface area is 218 Å². The van der Waals surface area contributed by atoms with Gasteiger partial charge in [0.2, 0.25) is 0 Å². The zero-order valence-corrected chi connectivity index (χ0v) is 20.6. The minimum absolute atomic E-state index is 0.00727. The van der Waals surface area contributed by atoms with Crippen LogP contribution in [0.25, 0.3) is 0 Å². The number of nitrogens with zero attached hydrogens (tertiary/aromatic N) is 3. The fourth-order valence-electron chi connectivity index (χ4n) is 4.10. The summed E-state index contributed by atoms with van der Waals surface area (Å²) in [6.45, 7) is -0.00313. The molecule has 7 nitrogen and oxygen atoms in total. The van der Waals surface area contributed by atoms with Gasteiger partial charge in [0.15, 0.2) is 5.75 Å². The third-order valence-corrected chi connectivity index (χ3v) is 6.53. The molecule has 4 rings (SSSR count). The normalized spacial score (nSPS) is 16.5. The molecular weight excluding hydrogens is 539 g/mol. The van der Waals surface area contributed by atoms with E-state index in [4.69, 9.17) is 9.47 Å². The molecule has 1 heterocycles. The molecule has 0 radical (unpaired) electrons. The number of anilines is 2. The van der Waals surface area contributed by atoms with E-state index in [1.54, 1.807) is 0 Å². The first-order valence-electron chi connectivity index (χ1n) is 12.0. The number of halogens is 7. The van der Waals surface area contributed by atoms with Crippen LogP contribution in [-0.4, -0.2) is 56.4 Å². The lowest BCUT2D eigenvalue weighted by atomic mass is 9.96. The van der Waals surface area contributed by atoms with Gasteiger partial charge in [-0.25, -0.2) is 14.0 Å². The van der Waals surface area contributed by atoms with Crippen LogP contribution in [0, 0.1) is 5.82 Å². The van der Waals surface area contributed by atoms with E-state index in [0.717, 1.165) is 55.5 Å². The van der Waals surface area contributed by atoms with Crippen molar-refractivity contribution in [1.82, 2.24) is 4.90 Å². The molecule has 2 aromatic rings. The molecule has 3 amide bonds. The van der Waals surface area contributed by atoms with Crippen LogP contribution in [-0.2, 0) is 17.1 Å². The van der Waals surface area contributed by atoms with E-state index in [2.05, 4.69) is 0 Å². The van der Waals surface area contributed by atoms with Crippen LogP contribution in [0.2, 0.25) is 0 Å². The number of hydrogen-bond acceptors (Lipinski definition) is 4. The number of amides is 3. The number of alkyl halides is 6. The molecule has 0 atom stereocenters. The molecule has 0 N–H and O–H groups in total. The predicted molar refractivity (Wildman–Crippen MR) is 125 cm³/mol. The Hall–Kier alpha value is -3.55. The summed E-state index contributed by atoms with van der Waals surface area (Å²) in [5.41, 5.74) is -4.37. The van der Waals surface area contributed by atoms with Gasteiger partial charge in [0.1, 0.15) is 11.4 Å². The Morgan fingerprint density at radius 1 is 1.03 bits per heavy atom. The van der Waals surface area contributed by atoms with Crippen molar-refractivity contribution in [3.05, 3.63) is 53.3 Å². The molecule has 0 unspecified atom stereocenters. The number of hydrogen-bond donors (Lipinski definition) is 0. The van der Waals surface area contributed by atoms with E-state index in [1.807, 2.05) is 0 Å². The molecule has 0 bridgehead atoms. The fourth-order valence-corrected chi connectivity index (χ4v) is 4.10. The number of rotatable bonds is 7. The van der Waals surface area contributed by atoms with Crippen LogP contribution in [0.5, 0.6) is 5.75 Å². The number of benzene rings is 2. The van der Waals surface area contributed by atoms with Crippen LogP contribution in [0.15, 0.2) is 36.4 Å². The number of urea groups is 1. The summed E-state index contributed by atoms with van der Waals surface area (Å²) in [6, 6.07) is 3.62. The predicted octanol–water partition coefficient (Wildman–Crippen LogP) is 6.31. The molecule has 0 spiro atoms. The summed E-state index contributed by atoms with van der Waals surface area (Å²) in [6.07, 6.45) is -9.11. The van der Waals surface area contributed by atoms with Gasteiger partial charge in [-0.3, -0.25) is 9.80 Å². The van der Waals surface area contributed by atoms with Gasteiger partial charge in [-0.15, -0.1) is 0 Å². The van der Waals surface area contributed by atoms with Gasteiger partial charge in [0.25, 0.3) is 0 Å². The quantitative estimate of drug-likeness (QED) is 0.371. The maximum Gasteiger partial charge on any atom is 0.420 e. The first kappa shape index (κ1) is 28.5. The molecule has 2 aromatic carbocycles. The van der Waals surface area contributed by atoms with Gasteiger partial charge in [-0.2, -0.15) is 26.3 Å². The topological polar surface area (TPSA) is 62.3 Å². The number of carbonyl (C=O) groups excluding carboxylic acids is 2. The maximum absolute atomic E-state index is 14.0. The van der Waals surface area contributed by atoms with Gasteiger partial charge < -0.3 is 14.4 Å². The highest BCUT2D eigenvalue weighted by Crippen LogP contribution is 2.47. The van der Waals surface area contributed by atoms with Crippen LogP contribution >= 0.6 is 0 Å². The van der Waals surface area contributed by atoms with Crippen LogP contribution < -0.4 is 14.5 Å². The minimum atomic E-state index is -5.38. The Bertz CT molecular complexity index is 1210. The second kappa shape index (κ2) is 10.9. The van der Waals surface area contributed by atoms with Crippen molar-refractivity contribution in [2.75, 3.05) is 43.1 Å². The lowest BCUT2D eigenvalue weighted by molar-refractivity contribution is -0.143. The third kappa shape index (κ3) is 6.37. The van der Waals surface area contributed by atoms with E-state index in [1.165, 1.54) is 4.90 Å².